The molecule has 0 fully saturated rings. The fourth-order valence-electron chi connectivity index (χ4n) is 2.59. The number of aromatic nitrogens is 3. The van der Waals surface area contributed by atoms with E-state index in [0.717, 1.165) is 17.4 Å². The zero-order valence-corrected chi connectivity index (χ0v) is 18.1. The van der Waals surface area contributed by atoms with Crippen molar-refractivity contribution >= 4 is 46.1 Å². The Labute approximate surface area is 191 Å². The highest BCUT2D eigenvalue weighted by molar-refractivity contribution is 7.13. The summed E-state index contributed by atoms with van der Waals surface area (Å²) < 4.78 is 41.3. The molecule has 7 nitrogen and oxygen atoms in total. The third-order valence-corrected chi connectivity index (χ3v) is 6.04. The van der Waals surface area contributed by atoms with Gasteiger partial charge in [-0.3, -0.25) is 20.4 Å². The molecule has 3 aromatic heterocycles. The fraction of sp³-hybridized carbons (Fsp3) is 0.0526. The van der Waals surface area contributed by atoms with Crippen molar-refractivity contribution < 1.29 is 22.8 Å². The molecule has 0 aliphatic rings. The third-order valence-electron chi connectivity index (χ3n) is 4.08. The number of hydrogen-bond acceptors (Lipinski definition) is 6. The quantitative estimate of drug-likeness (QED) is 0.396. The number of amides is 2. The van der Waals surface area contributed by atoms with E-state index in [-0.39, 0.29) is 22.1 Å². The van der Waals surface area contributed by atoms with Crippen LogP contribution in [-0.2, 0) is 6.18 Å². The molecule has 2 amide bonds. The number of carbonyl (C=O) groups is 2. The van der Waals surface area contributed by atoms with Gasteiger partial charge in [0.25, 0.3) is 11.8 Å². The smallest absolute Gasteiger partial charge is 0.267 e. The predicted molar refractivity (Wildman–Crippen MR) is 114 cm³/mol. The molecule has 4 aromatic rings. The van der Waals surface area contributed by atoms with Gasteiger partial charge in [-0.25, -0.2) is 9.67 Å². The molecule has 0 radical (unpaired) electrons. The lowest BCUT2D eigenvalue weighted by molar-refractivity contribution is -0.142. The molecule has 32 heavy (non-hydrogen) atoms. The van der Waals surface area contributed by atoms with Crippen LogP contribution < -0.4 is 10.9 Å². The molecule has 1 aromatic carbocycles. The number of hydrogen-bond donors (Lipinski definition) is 2. The SMILES string of the molecule is O=C(NNC(=O)c1csc(-n2nc(-c3cccs3)cc2C(F)(F)F)n1)c1ccc(Cl)cc1. The number of thiophene rings is 1. The predicted octanol–water partition coefficient (Wildman–Crippen LogP) is 4.80. The number of nitrogens with zero attached hydrogens (tertiary/aromatic N) is 3. The van der Waals surface area contributed by atoms with Gasteiger partial charge in [0.1, 0.15) is 11.4 Å². The summed E-state index contributed by atoms with van der Waals surface area (Å²) in [5, 5.41) is 7.32. The van der Waals surface area contributed by atoms with Crippen molar-refractivity contribution in [2.75, 3.05) is 0 Å². The molecule has 0 aliphatic heterocycles. The van der Waals surface area contributed by atoms with E-state index in [4.69, 9.17) is 11.6 Å². The van der Waals surface area contributed by atoms with Crippen LogP contribution in [-0.4, -0.2) is 26.6 Å². The van der Waals surface area contributed by atoms with Crippen LogP contribution in [0, 0.1) is 0 Å². The molecule has 0 saturated carbocycles. The molecule has 0 bridgehead atoms. The molecule has 3 heterocycles. The number of nitrogens with one attached hydrogen (secondary N) is 2. The summed E-state index contributed by atoms with van der Waals surface area (Å²) in [6, 6.07) is 10.2. The van der Waals surface area contributed by atoms with Crippen LogP contribution in [0.15, 0.2) is 53.2 Å². The van der Waals surface area contributed by atoms with E-state index >= 15 is 0 Å². The maximum absolute atomic E-state index is 13.5. The van der Waals surface area contributed by atoms with Crippen molar-refractivity contribution in [3.05, 3.63) is 75.2 Å². The van der Waals surface area contributed by atoms with Gasteiger partial charge in [0, 0.05) is 16.0 Å². The first-order chi connectivity index (χ1) is 15.2. The van der Waals surface area contributed by atoms with E-state index in [1.54, 1.807) is 17.5 Å². The summed E-state index contributed by atoms with van der Waals surface area (Å²) in [6.45, 7) is 0. The lowest BCUT2D eigenvalue weighted by Crippen LogP contribution is -2.41. The third kappa shape index (κ3) is 4.66. The Morgan fingerprint density at radius 2 is 1.75 bits per heavy atom. The molecule has 0 saturated heterocycles. The summed E-state index contributed by atoms with van der Waals surface area (Å²) in [5.74, 6) is -1.40. The number of carbonyl (C=O) groups excluding carboxylic acids is 2. The van der Waals surface area contributed by atoms with Crippen molar-refractivity contribution in [1.29, 1.82) is 0 Å². The zero-order valence-electron chi connectivity index (χ0n) is 15.7. The van der Waals surface area contributed by atoms with Crippen molar-refractivity contribution in [3.8, 4) is 15.7 Å². The minimum absolute atomic E-state index is 0.142. The maximum Gasteiger partial charge on any atom is 0.433 e. The molecular weight excluding hydrogens is 487 g/mol. The second-order valence-corrected chi connectivity index (χ2v) is 8.45. The Morgan fingerprint density at radius 3 is 2.41 bits per heavy atom. The highest BCUT2D eigenvalue weighted by Crippen LogP contribution is 2.35. The molecule has 13 heteroatoms. The maximum atomic E-state index is 13.5. The Kier molecular flexibility index (Phi) is 6.00. The van der Waals surface area contributed by atoms with Crippen molar-refractivity contribution in [3.63, 3.8) is 0 Å². The van der Waals surface area contributed by atoms with Gasteiger partial charge in [0.2, 0.25) is 5.13 Å². The Hall–Kier alpha value is -3.22. The fourth-order valence-corrected chi connectivity index (χ4v) is 4.16. The number of thiazole rings is 1. The van der Waals surface area contributed by atoms with Crippen LogP contribution in [0.4, 0.5) is 13.2 Å². The van der Waals surface area contributed by atoms with Gasteiger partial charge < -0.3 is 0 Å². The van der Waals surface area contributed by atoms with Crippen LogP contribution >= 0.6 is 34.3 Å². The largest absolute Gasteiger partial charge is 0.433 e. The second-order valence-electron chi connectivity index (χ2n) is 6.23. The number of hydrazine groups is 1. The summed E-state index contributed by atoms with van der Waals surface area (Å²) in [6.07, 6.45) is -4.68. The van der Waals surface area contributed by atoms with Crippen molar-refractivity contribution in [2.45, 2.75) is 6.18 Å². The average Bonchev–Trinajstić information content (AvgIpc) is 3.51. The monoisotopic (exact) mass is 497 g/mol. The van der Waals surface area contributed by atoms with Gasteiger partial charge in [-0.05, 0) is 41.8 Å². The molecule has 0 atom stereocenters. The highest BCUT2D eigenvalue weighted by Gasteiger charge is 2.37. The van der Waals surface area contributed by atoms with Crippen LogP contribution in [0.5, 0.6) is 0 Å². The van der Waals surface area contributed by atoms with Gasteiger partial charge in [-0.15, -0.1) is 22.7 Å². The van der Waals surface area contributed by atoms with Gasteiger partial charge in [-0.2, -0.15) is 18.3 Å². The lowest BCUT2D eigenvalue weighted by atomic mass is 10.2. The molecule has 0 aliphatic carbocycles. The normalized spacial score (nSPS) is 11.4. The summed E-state index contributed by atoms with van der Waals surface area (Å²) in [5.41, 5.74) is 3.58. The molecule has 0 spiro atoms. The minimum atomic E-state index is -4.68. The lowest BCUT2D eigenvalue weighted by Gasteiger charge is -2.07. The van der Waals surface area contributed by atoms with E-state index in [1.807, 2.05) is 0 Å². The summed E-state index contributed by atoms with van der Waals surface area (Å²) >= 11 is 7.82. The van der Waals surface area contributed by atoms with E-state index in [9.17, 15) is 22.8 Å². The Balaban J connectivity index is 1.52. The molecule has 2 N–H and O–H groups in total. The average molecular weight is 498 g/mol. The van der Waals surface area contributed by atoms with Crippen LogP contribution in [0.25, 0.3) is 15.7 Å². The molecule has 0 unspecified atom stereocenters. The van der Waals surface area contributed by atoms with Gasteiger partial charge in [-0.1, -0.05) is 17.7 Å². The number of benzene rings is 1. The van der Waals surface area contributed by atoms with E-state index < -0.39 is 23.7 Å². The molecule has 4 rings (SSSR count). The van der Waals surface area contributed by atoms with E-state index in [0.29, 0.717) is 14.6 Å². The number of halogens is 4. The minimum Gasteiger partial charge on any atom is -0.267 e. The second kappa shape index (κ2) is 8.73. The van der Waals surface area contributed by atoms with E-state index in [2.05, 4.69) is 20.9 Å². The van der Waals surface area contributed by atoms with Gasteiger partial charge >= 0.3 is 6.18 Å². The first-order valence-corrected chi connectivity index (χ1v) is 10.9. The topological polar surface area (TPSA) is 88.9 Å². The number of rotatable bonds is 4. The highest BCUT2D eigenvalue weighted by atomic mass is 35.5. The van der Waals surface area contributed by atoms with Crippen LogP contribution in [0.2, 0.25) is 5.02 Å². The molecule has 164 valence electrons. The molecular formula is C19H11ClF3N5O2S2. The summed E-state index contributed by atoms with van der Waals surface area (Å²) in [4.78, 5) is 28.9. The van der Waals surface area contributed by atoms with Crippen molar-refractivity contribution in [2.24, 2.45) is 0 Å². The standard InChI is InChI=1S/C19H11ClF3N5O2S2/c20-11-5-3-10(4-6-11)16(29)25-26-17(30)13-9-32-18(24-13)28-15(19(21,22)23)8-12(27-28)14-2-1-7-31-14/h1-9H,(H,25,29)(H,26,30). The first-order valence-electron chi connectivity index (χ1n) is 8.75. The zero-order chi connectivity index (χ0) is 22.9. The van der Waals surface area contributed by atoms with Crippen molar-refractivity contribution in [1.82, 2.24) is 25.6 Å². The van der Waals surface area contributed by atoms with Gasteiger partial charge in [0.15, 0.2) is 5.69 Å². The Bertz CT molecular complexity index is 1270. The summed E-state index contributed by atoms with van der Waals surface area (Å²) in [7, 11) is 0. The first kappa shape index (κ1) is 22.0. The van der Waals surface area contributed by atoms with Crippen LogP contribution in [0.1, 0.15) is 26.5 Å². The Morgan fingerprint density at radius 1 is 1.03 bits per heavy atom. The van der Waals surface area contributed by atoms with Gasteiger partial charge in [0.05, 0.1) is 4.88 Å². The number of alkyl halides is 3. The van der Waals surface area contributed by atoms with E-state index in [1.165, 1.54) is 41.0 Å². The van der Waals surface area contributed by atoms with Crippen LogP contribution in [0.3, 0.4) is 0 Å².